The molecule has 13 aliphatic heterocycles. The Bertz CT molecular complexity index is 4890. The molecule has 8 bridgehead atoms. The molecular formula is C107H136N10O2. The van der Waals surface area contributed by atoms with Gasteiger partial charge >= 0.3 is 0 Å². The summed E-state index contributed by atoms with van der Waals surface area (Å²) in [6.45, 7) is 57.3. The summed E-state index contributed by atoms with van der Waals surface area (Å²) < 4.78 is 0. The van der Waals surface area contributed by atoms with E-state index in [4.69, 9.17) is 0 Å². The van der Waals surface area contributed by atoms with Crippen LogP contribution in [0.25, 0.3) is 54.5 Å². The predicted molar refractivity (Wildman–Crippen MR) is 500 cm³/mol. The molecule has 12 nitrogen and oxygen atoms in total. The van der Waals surface area contributed by atoms with Crippen LogP contribution in [-0.4, -0.2) is 146 Å². The van der Waals surface area contributed by atoms with Crippen molar-refractivity contribution in [2.24, 2.45) is 59.2 Å². The molecule has 5 aromatic carbocycles. The monoisotopic (exact) mass is 1590 g/mol. The number of Topliss-reactive ketones (excluding diaryl/α,β-unsaturated/α-hetero) is 2. The number of hydrogen-bond acceptors (Lipinski definition) is 12. The SMILES string of the molecule is C=CC1CN2CCC1CC2C(=O)c1ccnc2ccc(C)cc12.C=CC1CN2CCC1CC2C(C)c1ccnc2ccc(C)cc12.C=CC1CN2CCC1CC2C(C)c1ccnc2ccc(C)cc12.C=CC1CN2CCC1CC2C(C)c1ccnc2ccc(C)cc12.C=CC1CNCCC1CCC(=O)c1ccnc2ccc(C)cc12.CC.CC. The van der Waals surface area contributed by atoms with E-state index >= 15 is 0 Å². The van der Waals surface area contributed by atoms with Gasteiger partial charge in [-0.05, 0) is 316 Å². The van der Waals surface area contributed by atoms with E-state index < -0.39 is 0 Å². The Morgan fingerprint density at radius 2 is 0.706 bits per heavy atom. The summed E-state index contributed by atoms with van der Waals surface area (Å²) in [5, 5.41) is 9.37. The van der Waals surface area contributed by atoms with Gasteiger partial charge in [-0.3, -0.25) is 54.1 Å². The van der Waals surface area contributed by atoms with Gasteiger partial charge in [0.1, 0.15) is 0 Å². The molecule has 0 aliphatic carbocycles. The third kappa shape index (κ3) is 19.6. The van der Waals surface area contributed by atoms with Crippen molar-refractivity contribution in [1.29, 1.82) is 0 Å². The minimum Gasteiger partial charge on any atom is -0.316 e. The Labute approximate surface area is 712 Å². The van der Waals surface area contributed by atoms with Crippen molar-refractivity contribution in [2.75, 3.05) is 65.4 Å². The predicted octanol–water partition coefficient (Wildman–Crippen LogP) is 23.2. The Morgan fingerprint density at radius 1 is 0.395 bits per heavy atom. The summed E-state index contributed by atoms with van der Waals surface area (Å²) >= 11 is 0. The fraction of sp³-hybridized carbons (Fsp3) is 0.467. The number of ketones is 2. The molecule has 13 aliphatic rings. The number of fused-ring (bicyclic) bond motifs is 17. The highest BCUT2D eigenvalue weighted by molar-refractivity contribution is 6.10. The maximum Gasteiger partial charge on any atom is 0.180 e. The van der Waals surface area contributed by atoms with Gasteiger partial charge < -0.3 is 5.32 Å². The van der Waals surface area contributed by atoms with E-state index in [1.165, 1.54) is 134 Å². The summed E-state index contributed by atoms with van der Waals surface area (Å²) in [5.74, 6) is 8.93. The lowest BCUT2D eigenvalue weighted by atomic mass is 9.71. The molecule has 21 atom stereocenters. The highest BCUT2D eigenvalue weighted by Gasteiger charge is 2.46. The molecule has 23 rings (SSSR count). The largest absolute Gasteiger partial charge is 0.316 e. The lowest BCUT2D eigenvalue weighted by Gasteiger charge is -2.51. The Hall–Kier alpha value is -9.01. The molecule has 10 aromatic rings. The molecule has 0 spiro atoms. The molecule has 0 saturated carbocycles. The maximum atomic E-state index is 13.2. The number of rotatable bonds is 17. The first kappa shape index (κ1) is 87.8. The van der Waals surface area contributed by atoms with Crippen LogP contribution in [0.3, 0.4) is 0 Å². The minimum atomic E-state index is 0.0241. The van der Waals surface area contributed by atoms with Crippen LogP contribution in [0.4, 0.5) is 0 Å². The van der Waals surface area contributed by atoms with Gasteiger partial charge in [-0.1, -0.05) is 137 Å². The van der Waals surface area contributed by atoms with Crippen molar-refractivity contribution >= 4 is 66.1 Å². The zero-order chi connectivity index (χ0) is 84.1. The molecule has 1 N–H and O–H groups in total. The third-order valence-corrected chi connectivity index (χ3v) is 28.9. The second-order valence-corrected chi connectivity index (χ2v) is 35.8. The van der Waals surface area contributed by atoms with Crippen molar-refractivity contribution in [1.82, 2.24) is 49.8 Å². The fourth-order valence-corrected chi connectivity index (χ4v) is 22.1. The lowest BCUT2D eigenvalue weighted by Crippen LogP contribution is -2.55. The Balaban J connectivity index is 0.000000127. The van der Waals surface area contributed by atoms with Crippen LogP contribution in [0.5, 0.6) is 0 Å². The van der Waals surface area contributed by atoms with Crippen molar-refractivity contribution in [2.45, 2.75) is 196 Å². The zero-order valence-corrected chi connectivity index (χ0v) is 73.9. The van der Waals surface area contributed by atoms with Crippen molar-refractivity contribution in [3.8, 4) is 0 Å². The molecule has 12 heteroatoms. The van der Waals surface area contributed by atoms with Gasteiger partial charge in [0, 0.05) is 126 Å². The normalized spacial score (nSPS) is 28.0. The fourth-order valence-electron chi connectivity index (χ4n) is 22.1. The molecule has 626 valence electrons. The van der Waals surface area contributed by atoms with Crippen molar-refractivity contribution < 1.29 is 9.59 Å². The number of carbonyl (C=O) groups excluding carboxylic acids is 2. The second kappa shape index (κ2) is 40.6. The molecule has 0 radical (unpaired) electrons. The van der Waals surface area contributed by atoms with E-state index in [0.717, 1.165) is 124 Å². The van der Waals surface area contributed by atoms with Gasteiger partial charge in [0.05, 0.1) is 33.6 Å². The molecule has 119 heavy (non-hydrogen) atoms. The quantitative estimate of drug-likeness (QED) is 0.0689. The van der Waals surface area contributed by atoms with Crippen LogP contribution >= 0.6 is 0 Å². The number of pyridine rings is 5. The number of benzene rings is 5. The van der Waals surface area contributed by atoms with Crippen molar-refractivity contribution in [3.05, 3.63) is 271 Å². The summed E-state index contributed by atoms with van der Waals surface area (Å²) in [4.78, 5) is 58.9. The zero-order valence-electron chi connectivity index (χ0n) is 73.9. The Morgan fingerprint density at radius 3 is 1.04 bits per heavy atom. The van der Waals surface area contributed by atoms with Gasteiger partial charge in [-0.2, -0.15) is 0 Å². The van der Waals surface area contributed by atoms with Gasteiger partial charge in [0.2, 0.25) is 0 Å². The van der Waals surface area contributed by atoms with Gasteiger partial charge in [0.15, 0.2) is 11.6 Å². The maximum absolute atomic E-state index is 13.2. The van der Waals surface area contributed by atoms with Gasteiger partial charge in [0.25, 0.3) is 0 Å². The van der Waals surface area contributed by atoms with Crippen LogP contribution in [0.1, 0.15) is 202 Å². The number of aromatic nitrogens is 5. The van der Waals surface area contributed by atoms with E-state index in [1.54, 1.807) is 12.4 Å². The van der Waals surface area contributed by atoms with Crippen LogP contribution in [0, 0.1) is 93.8 Å². The van der Waals surface area contributed by atoms with E-state index in [0.29, 0.717) is 83.7 Å². The van der Waals surface area contributed by atoms with Crippen LogP contribution in [-0.2, 0) is 0 Å². The average molecular weight is 1590 g/mol. The average Bonchev–Trinajstić information content (AvgIpc) is 0.773. The number of aryl methyl sites for hydroxylation is 5. The number of nitrogens with zero attached hydrogens (tertiary/aromatic N) is 9. The first-order chi connectivity index (χ1) is 57.9. The number of piperidine rings is 13. The van der Waals surface area contributed by atoms with E-state index in [-0.39, 0.29) is 17.6 Å². The summed E-state index contributed by atoms with van der Waals surface area (Å²) in [5.41, 5.74) is 17.5. The molecule has 18 heterocycles. The molecular weight excluding hydrogens is 1460 g/mol. The highest BCUT2D eigenvalue weighted by atomic mass is 16.1. The van der Waals surface area contributed by atoms with Gasteiger partial charge in [-0.15, -0.1) is 32.9 Å². The number of carbonyl (C=O) groups is 2. The van der Waals surface area contributed by atoms with Crippen molar-refractivity contribution in [3.63, 3.8) is 0 Å². The molecule has 13 saturated heterocycles. The second-order valence-electron chi connectivity index (χ2n) is 35.8. The van der Waals surface area contributed by atoms with E-state index in [1.807, 2.05) is 95.7 Å². The number of nitrogens with one attached hydrogen (secondary N) is 1. The third-order valence-electron chi connectivity index (χ3n) is 28.9. The molecule has 13 fully saturated rings. The standard InChI is InChI=1S/3C21H26N2.C20H22N2O.C20H24N2O.2C2H6/c3*1-4-16-13-23-10-8-17(16)12-21(23)15(3)18-7-9-22-20-6-5-14(2)11-19(18)20;1-3-14-12-22-9-7-15(14)11-19(22)20(23)16-6-8-21-18-5-4-13(2)10-17(16)18;1-3-15-13-21-10-8-16(15)5-7-20(23)17-9-11-22-19-6-4-14(2)12-18(17)19;2*1-2/h3*4-7,9,11,15-17,21H,1,8,10,12-13H2,2-3H3;3-6,8,10,14-15,19H,1,7,9,11-12H2,2H3;3-4,6,9,11-12,15-16,21H,1,5,7-8,10,13H2,2H3;2*1-2H3. The van der Waals surface area contributed by atoms with Gasteiger partial charge in [-0.25, -0.2) is 0 Å². The summed E-state index contributed by atoms with van der Waals surface area (Å²) in [7, 11) is 0. The van der Waals surface area contributed by atoms with E-state index in [9.17, 15) is 9.59 Å². The van der Waals surface area contributed by atoms with Crippen LogP contribution < -0.4 is 5.32 Å². The summed E-state index contributed by atoms with van der Waals surface area (Å²) in [6.07, 6.45) is 32.9. The first-order valence-corrected chi connectivity index (χ1v) is 45.5. The first-order valence-electron chi connectivity index (χ1n) is 45.5. The highest BCUT2D eigenvalue weighted by Crippen LogP contribution is 2.47. The molecule has 0 amide bonds. The smallest absolute Gasteiger partial charge is 0.180 e. The molecule has 5 aromatic heterocycles. The minimum absolute atomic E-state index is 0.0241. The summed E-state index contributed by atoms with van der Waals surface area (Å²) in [6, 6.07) is 44.5. The van der Waals surface area contributed by atoms with E-state index in [2.05, 4.69) is 240 Å². The topological polar surface area (TPSA) is 124 Å². The molecule has 21 unspecified atom stereocenters. The number of hydrogen-bond donors (Lipinski definition) is 1. The lowest BCUT2D eigenvalue weighted by molar-refractivity contribution is 0.00924. The Kier molecular flexibility index (Phi) is 29.9. The van der Waals surface area contributed by atoms with Crippen LogP contribution in [0.15, 0.2) is 216 Å². The van der Waals surface area contributed by atoms with Crippen LogP contribution in [0.2, 0.25) is 0 Å².